The van der Waals surface area contributed by atoms with Crippen molar-refractivity contribution in [3.05, 3.63) is 81.8 Å². The Morgan fingerprint density at radius 3 is 2.45 bits per heavy atom. The number of benzene rings is 2. The number of halogens is 3. The molecule has 0 aliphatic heterocycles. The molecule has 0 saturated heterocycles. The van der Waals surface area contributed by atoms with E-state index in [1.807, 2.05) is 12.1 Å². The van der Waals surface area contributed by atoms with Crippen LogP contribution in [0.4, 0.5) is 18.9 Å². The van der Waals surface area contributed by atoms with E-state index in [4.69, 9.17) is 9.57 Å². The van der Waals surface area contributed by atoms with Crippen molar-refractivity contribution in [3.8, 4) is 11.3 Å². The summed E-state index contributed by atoms with van der Waals surface area (Å²) in [5, 5.41) is 11.2. The third kappa shape index (κ3) is 5.66. The zero-order valence-corrected chi connectivity index (χ0v) is 16.1. The molecule has 31 heavy (non-hydrogen) atoms. The van der Waals surface area contributed by atoms with Crippen molar-refractivity contribution in [1.29, 1.82) is 0 Å². The molecule has 0 aliphatic carbocycles. The predicted molar refractivity (Wildman–Crippen MR) is 102 cm³/mol. The van der Waals surface area contributed by atoms with Gasteiger partial charge in [-0.2, -0.15) is 17.9 Å². The van der Waals surface area contributed by atoms with Gasteiger partial charge in [-0.3, -0.25) is 10.1 Å². The topological polar surface area (TPSA) is 96.5 Å². The Morgan fingerprint density at radius 1 is 1.16 bits per heavy atom. The molecule has 0 bridgehead atoms. The molecule has 0 saturated carbocycles. The maximum Gasteiger partial charge on any atom is 0.393 e. The molecule has 1 heterocycles. The molecule has 8 nitrogen and oxygen atoms in total. The number of hydrogen-bond acceptors (Lipinski definition) is 6. The molecule has 1 aromatic heterocycles. The highest BCUT2D eigenvalue weighted by Gasteiger charge is 2.30. The molecule has 11 heteroatoms. The lowest BCUT2D eigenvalue weighted by molar-refractivity contribution is -0.385. The van der Waals surface area contributed by atoms with Crippen molar-refractivity contribution in [2.75, 3.05) is 7.11 Å². The van der Waals surface area contributed by atoms with Crippen molar-refractivity contribution in [3.63, 3.8) is 0 Å². The van der Waals surface area contributed by atoms with Gasteiger partial charge >= 0.3 is 12.1 Å². The number of hydrogen-bond donors (Lipinski definition) is 0. The van der Waals surface area contributed by atoms with Gasteiger partial charge in [-0.15, -0.1) is 0 Å². The van der Waals surface area contributed by atoms with Crippen molar-refractivity contribution < 1.29 is 32.5 Å². The summed E-state index contributed by atoms with van der Waals surface area (Å²) in [6.45, 7) is 0.451. The van der Waals surface area contributed by atoms with E-state index >= 15 is 0 Å². The molecule has 0 atom stereocenters. The molecule has 0 spiro atoms. The molecule has 3 aromatic rings. The molecule has 0 amide bonds. The normalized spacial score (nSPS) is 11.4. The third-order valence-corrected chi connectivity index (χ3v) is 4.19. The number of methoxy groups -OCH3 is 1. The van der Waals surface area contributed by atoms with Gasteiger partial charge in [-0.25, -0.2) is 9.78 Å². The fraction of sp³-hybridized carbons (Fsp3) is 0.200. The summed E-state index contributed by atoms with van der Waals surface area (Å²) in [6.07, 6.45) is -3.30. The van der Waals surface area contributed by atoms with Crippen molar-refractivity contribution in [1.82, 2.24) is 9.71 Å². The number of nitrogens with zero attached hydrogens (tertiary/aromatic N) is 3. The Hall–Kier alpha value is -3.73. The average molecular weight is 435 g/mol. The third-order valence-electron chi connectivity index (χ3n) is 4.19. The quantitative estimate of drug-likeness (QED) is 0.412. The van der Waals surface area contributed by atoms with Crippen molar-refractivity contribution in [2.45, 2.75) is 19.2 Å². The van der Waals surface area contributed by atoms with Gasteiger partial charge in [0.2, 0.25) is 0 Å². The van der Waals surface area contributed by atoms with Crippen molar-refractivity contribution in [2.24, 2.45) is 0 Å². The monoisotopic (exact) mass is 435 g/mol. The van der Waals surface area contributed by atoms with Gasteiger partial charge in [-0.1, -0.05) is 30.3 Å². The molecular weight excluding hydrogens is 419 g/mol. The first kappa shape index (κ1) is 22.0. The Balaban J connectivity index is 1.78. The van der Waals surface area contributed by atoms with Crippen LogP contribution in [0.5, 0.6) is 0 Å². The van der Waals surface area contributed by atoms with Crippen LogP contribution in [0.25, 0.3) is 11.3 Å². The van der Waals surface area contributed by atoms with Crippen molar-refractivity contribution >= 4 is 11.7 Å². The second-order valence-corrected chi connectivity index (χ2v) is 6.53. The Labute approximate surface area is 174 Å². The first-order valence-corrected chi connectivity index (χ1v) is 8.85. The largest absolute Gasteiger partial charge is 0.393 e. The molecule has 3 rings (SSSR count). The lowest BCUT2D eigenvalue weighted by Crippen LogP contribution is -2.20. The first-order valence-electron chi connectivity index (χ1n) is 8.85. The maximum atomic E-state index is 12.5. The van der Waals surface area contributed by atoms with E-state index in [9.17, 15) is 28.1 Å². The lowest BCUT2D eigenvalue weighted by Gasteiger charge is -2.08. The van der Waals surface area contributed by atoms with Gasteiger partial charge in [0.1, 0.15) is 11.9 Å². The maximum absolute atomic E-state index is 12.5. The first-order chi connectivity index (χ1) is 14.7. The van der Waals surface area contributed by atoms with Gasteiger partial charge in [0.05, 0.1) is 29.8 Å². The molecular formula is C20H16F3N3O5. The van der Waals surface area contributed by atoms with Crippen LogP contribution in [0.2, 0.25) is 0 Å². The van der Waals surface area contributed by atoms with Crippen LogP contribution >= 0.6 is 0 Å². The summed E-state index contributed by atoms with van der Waals surface area (Å²) in [7, 11) is 1.58. The zero-order valence-electron chi connectivity index (χ0n) is 16.1. The van der Waals surface area contributed by atoms with E-state index in [0.29, 0.717) is 18.4 Å². The molecule has 2 aromatic carbocycles. The number of carbonyl (C=O) groups is 1. The number of aromatic nitrogens is 2. The number of alkyl halides is 3. The van der Waals surface area contributed by atoms with Crippen LogP contribution in [-0.4, -0.2) is 33.9 Å². The summed E-state index contributed by atoms with van der Waals surface area (Å²) >= 11 is 0. The standard InChI is InChI=1S/C20H16F3N3O5/c1-30-11-13-2-5-15(6-3-13)17-10-25(12-24-17)31-19(27)16-7-4-14(9-20(21,22)23)8-18(16)26(28)29/h2-8,10,12H,9,11H2,1H3. The summed E-state index contributed by atoms with van der Waals surface area (Å²) in [4.78, 5) is 31.9. The number of rotatable bonds is 7. The molecule has 0 aliphatic rings. The molecule has 0 fully saturated rings. The van der Waals surface area contributed by atoms with E-state index in [-0.39, 0.29) is 5.56 Å². The Morgan fingerprint density at radius 2 is 1.84 bits per heavy atom. The van der Waals surface area contributed by atoms with Crippen LogP contribution in [0.15, 0.2) is 55.0 Å². The SMILES string of the molecule is COCc1ccc(-c2cn(OC(=O)c3ccc(CC(F)(F)F)cc3[N+](=O)[O-])cn2)cc1. The van der Waals surface area contributed by atoms with Crippen LogP contribution in [0, 0.1) is 10.1 Å². The highest BCUT2D eigenvalue weighted by molar-refractivity contribution is 5.94. The fourth-order valence-corrected chi connectivity index (χ4v) is 2.83. The predicted octanol–water partition coefficient (Wildman–Crippen LogP) is 3.98. The summed E-state index contributed by atoms with van der Waals surface area (Å²) in [5.41, 5.74) is 0.579. The van der Waals surface area contributed by atoms with Gasteiger partial charge in [0.15, 0.2) is 0 Å². The van der Waals surface area contributed by atoms with E-state index in [1.165, 1.54) is 12.5 Å². The second kappa shape index (κ2) is 8.96. The molecule has 0 N–H and O–H groups in total. The summed E-state index contributed by atoms with van der Waals surface area (Å²) < 4.78 is 43.6. The van der Waals surface area contributed by atoms with E-state index < -0.39 is 34.7 Å². The highest BCUT2D eigenvalue weighted by Crippen LogP contribution is 2.26. The van der Waals surface area contributed by atoms with E-state index in [0.717, 1.165) is 28.0 Å². The van der Waals surface area contributed by atoms with Gasteiger partial charge in [-0.05, 0) is 17.2 Å². The van der Waals surface area contributed by atoms with Crippen LogP contribution in [-0.2, 0) is 17.8 Å². The summed E-state index contributed by atoms with van der Waals surface area (Å²) in [5.74, 6) is -1.11. The smallest absolute Gasteiger partial charge is 0.380 e. The molecule has 0 unspecified atom stereocenters. The number of ether oxygens (including phenoxy) is 1. The molecule has 162 valence electrons. The van der Waals surface area contributed by atoms with Gasteiger partial charge in [0.25, 0.3) is 5.69 Å². The number of imidazole rings is 1. The number of nitro groups is 1. The molecule has 0 radical (unpaired) electrons. The van der Waals surface area contributed by atoms with E-state index in [1.54, 1.807) is 19.2 Å². The minimum atomic E-state index is -4.54. The van der Waals surface area contributed by atoms with Gasteiger partial charge in [0, 0.05) is 18.7 Å². The number of nitro benzene ring substituents is 1. The minimum Gasteiger partial charge on any atom is -0.380 e. The second-order valence-electron chi connectivity index (χ2n) is 6.53. The van der Waals surface area contributed by atoms with Gasteiger partial charge < -0.3 is 9.57 Å². The Kier molecular flexibility index (Phi) is 6.35. The summed E-state index contributed by atoms with van der Waals surface area (Å²) in [6, 6.07) is 9.93. The van der Waals surface area contributed by atoms with Crippen LogP contribution < -0.4 is 4.84 Å². The Bertz CT molecular complexity index is 1090. The highest BCUT2D eigenvalue weighted by atomic mass is 19.4. The van der Waals surface area contributed by atoms with Crippen LogP contribution in [0.1, 0.15) is 21.5 Å². The zero-order chi connectivity index (χ0) is 22.6. The fourth-order valence-electron chi connectivity index (χ4n) is 2.83. The number of carbonyl (C=O) groups excluding carboxylic acids is 1. The average Bonchev–Trinajstić information content (AvgIpc) is 3.16. The van der Waals surface area contributed by atoms with Crippen LogP contribution in [0.3, 0.4) is 0 Å². The minimum absolute atomic E-state index is 0.336. The van der Waals surface area contributed by atoms with E-state index in [2.05, 4.69) is 4.98 Å². The lowest BCUT2D eigenvalue weighted by atomic mass is 10.1.